The summed E-state index contributed by atoms with van der Waals surface area (Å²) in [7, 11) is 1.33. The molecule has 0 heterocycles. The zero-order valence-corrected chi connectivity index (χ0v) is 7.99. The van der Waals surface area contributed by atoms with E-state index < -0.39 is 6.10 Å². The molecular formula is C8H17NO4. The van der Waals surface area contributed by atoms with Crippen LogP contribution in [0.25, 0.3) is 0 Å². The third kappa shape index (κ3) is 5.57. The summed E-state index contributed by atoms with van der Waals surface area (Å²) in [6.07, 6.45) is -0.773. The van der Waals surface area contributed by atoms with E-state index in [-0.39, 0.29) is 25.0 Å². The van der Waals surface area contributed by atoms with Crippen molar-refractivity contribution in [2.45, 2.75) is 13.0 Å². The van der Waals surface area contributed by atoms with Gasteiger partial charge in [0, 0.05) is 13.1 Å². The van der Waals surface area contributed by atoms with Crippen LogP contribution in [-0.4, -0.2) is 49.1 Å². The maximum Gasteiger partial charge on any atom is 0.309 e. The summed E-state index contributed by atoms with van der Waals surface area (Å²) in [4.78, 5) is 10.9. The van der Waals surface area contributed by atoms with Crippen LogP contribution < -0.4 is 5.32 Å². The molecule has 0 saturated heterocycles. The topological polar surface area (TPSA) is 78.8 Å². The molecule has 0 aromatic rings. The Morgan fingerprint density at radius 1 is 1.54 bits per heavy atom. The predicted molar refractivity (Wildman–Crippen MR) is 47.1 cm³/mol. The Balaban J connectivity index is 3.47. The minimum atomic E-state index is -0.773. The molecule has 0 saturated carbocycles. The van der Waals surface area contributed by atoms with Crippen molar-refractivity contribution >= 4 is 5.97 Å². The van der Waals surface area contributed by atoms with E-state index in [4.69, 9.17) is 10.2 Å². The maximum atomic E-state index is 10.9. The highest BCUT2D eigenvalue weighted by Crippen LogP contribution is 1.94. The van der Waals surface area contributed by atoms with Crippen LogP contribution in [0.4, 0.5) is 0 Å². The summed E-state index contributed by atoms with van der Waals surface area (Å²) in [5, 5.41) is 20.3. The van der Waals surface area contributed by atoms with E-state index in [0.717, 1.165) is 0 Å². The van der Waals surface area contributed by atoms with Crippen LogP contribution >= 0.6 is 0 Å². The molecule has 0 fully saturated rings. The van der Waals surface area contributed by atoms with E-state index in [0.29, 0.717) is 6.54 Å². The number of methoxy groups -OCH3 is 1. The molecule has 5 nitrogen and oxygen atoms in total. The molecule has 0 aromatic heterocycles. The van der Waals surface area contributed by atoms with Crippen molar-refractivity contribution in [3.63, 3.8) is 0 Å². The number of ether oxygens (including phenoxy) is 1. The molecule has 0 aliphatic carbocycles. The summed E-state index contributed by atoms with van der Waals surface area (Å²) in [6.45, 7) is 2.16. The van der Waals surface area contributed by atoms with E-state index in [1.165, 1.54) is 7.11 Å². The van der Waals surface area contributed by atoms with Crippen LogP contribution in [-0.2, 0) is 9.53 Å². The summed E-state index contributed by atoms with van der Waals surface area (Å²) >= 11 is 0. The summed E-state index contributed by atoms with van der Waals surface area (Å²) < 4.78 is 4.51. The van der Waals surface area contributed by atoms with Gasteiger partial charge in [0.2, 0.25) is 0 Å². The molecule has 13 heavy (non-hydrogen) atoms. The fraction of sp³-hybridized carbons (Fsp3) is 0.875. The number of nitrogens with one attached hydrogen (secondary N) is 1. The molecule has 3 N–H and O–H groups in total. The lowest BCUT2D eigenvalue weighted by Gasteiger charge is -2.12. The van der Waals surface area contributed by atoms with Gasteiger partial charge in [-0.05, 0) is 0 Å². The standard InChI is InChI=1S/C8H17NO4/c1-6(8(12)13-2)3-9-4-7(11)5-10/h6-7,9-11H,3-5H2,1-2H3. The molecule has 5 heteroatoms. The molecule has 0 aliphatic rings. The SMILES string of the molecule is COC(=O)C(C)CNCC(O)CO. The fourth-order valence-corrected chi connectivity index (χ4v) is 0.816. The number of esters is 1. The third-order valence-electron chi connectivity index (χ3n) is 1.64. The highest BCUT2D eigenvalue weighted by Gasteiger charge is 2.12. The van der Waals surface area contributed by atoms with Gasteiger partial charge in [-0.15, -0.1) is 0 Å². The molecule has 0 radical (unpaired) electrons. The van der Waals surface area contributed by atoms with Gasteiger partial charge in [-0.3, -0.25) is 4.79 Å². The summed E-state index contributed by atoms with van der Waals surface area (Å²) in [5.41, 5.74) is 0. The van der Waals surface area contributed by atoms with Crippen molar-refractivity contribution in [2.75, 3.05) is 26.8 Å². The van der Waals surface area contributed by atoms with Crippen molar-refractivity contribution in [1.29, 1.82) is 0 Å². The Morgan fingerprint density at radius 3 is 2.62 bits per heavy atom. The second kappa shape index (κ2) is 6.82. The second-order valence-electron chi connectivity index (χ2n) is 2.92. The van der Waals surface area contributed by atoms with Gasteiger partial charge in [0.05, 0.1) is 25.7 Å². The highest BCUT2D eigenvalue weighted by molar-refractivity contribution is 5.71. The minimum Gasteiger partial charge on any atom is -0.469 e. The van der Waals surface area contributed by atoms with Gasteiger partial charge in [-0.25, -0.2) is 0 Å². The van der Waals surface area contributed by atoms with Crippen LogP contribution in [0.15, 0.2) is 0 Å². The summed E-state index contributed by atoms with van der Waals surface area (Å²) in [5.74, 6) is -0.526. The highest BCUT2D eigenvalue weighted by atomic mass is 16.5. The average molecular weight is 191 g/mol. The maximum absolute atomic E-state index is 10.9. The molecule has 0 bridgehead atoms. The van der Waals surface area contributed by atoms with Gasteiger partial charge in [0.15, 0.2) is 0 Å². The van der Waals surface area contributed by atoms with Crippen LogP contribution in [0.5, 0.6) is 0 Å². The van der Waals surface area contributed by atoms with Gasteiger partial charge < -0.3 is 20.3 Å². The number of aliphatic hydroxyl groups excluding tert-OH is 2. The van der Waals surface area contributed by atoms with Gasteiger partial charge in [-0.1, -0.05) is 6.92 Å². The first-order valence-corrected chi connectivity index (χ1v) is 4.19. The molecule has 0 amide bonds. The Morgan fingerprint density at radius 2 is 2.15 bits per heavy atom. The predicted octanol–water partition coefficient (Wildman–Crippen LogP) is -1.26. The van der Waals surface area contributed by atoms with E-state index in [9.17, 15) is 4.79 Å². The van der Waals surface area contributed by atoms with Crippen molar-refractivity contribution in [2.24, 2.45) is 5.92 Å². The monoisotopic (exact) mass is 191 g/mol. The molecule has 0 aromatic carbocycles. The van der Waals surface area contributed by atoms with Crippen molar-refractivity contribution in [3.05, 3.63) is 0 Å². The van der Waals surface area contributed by atoms with Crippen LogP contribution in [0.2, 0.25) is 0 Å². The van der Waals surface area contributed by atoms with Gasteiger partial charge in [-0.2, -0.15) is 0 Å². The fourth-order valence-electron chi connectivity index (χ4n) is 0.816. The van der Waals surface area contributed by atoms with E-state index in [1.807, 2.05) is 0 Å². The molecular weight excluding hydrogens is 174 g/mol. The van der Waals surface area contributed by atoms with E-state index in [1.54, 1.807) is 6.92 Å². The largest absolute Gasteiger partial charge is 0.469 e. The number of hydrogen-bond donors (Lipinski definition) is 3. The summed E-state index contributed by atoms with van der Waals surface area (Å²) in [6, 6.07) is 0. The van der Waals surface area contributed by atoms with E-state index >= 15 is 0 Å². The first-order valence-electron chi connectivity index (χ1n) is 4.19. The van der Waals surface area contributed by atoms with Gasteiger partial charge >= 0.3 is 5.97 Å². The van der Waals surface area contributed by atoms with Gasteiger partial charge in [0.25, 0.3) is 0 Å². The minimum absolute atomic E-state index is 0.240. The number of rotatable bonds is 6. The first kappa shape index (κ1) is 12.3. The smallest absolute Gasteiger partial charge is 0.309 e. The first-order chi connectivity index (χ1) is 6.11. The molecule has 0 aliphatic heterocycles. The van der Waals surface area contributed by atoms with Crippen molar-refractivity contribution < 1.29 is 19.7 Å². The Kier molecular flexibility index (Phi) is 6.48. The normalized spacial score (nSPS) is 15.1. The molecule has 2 atom stereocenters. The quantitative estimate of drug-likeness (QED) is 0.457. The zero-order chi connectivity index (χ0) is 10.3. The van der Waals surface area contributed by atoms with Crippen LogP contribution in [0.3, 0.4) is 0 Å². The number of hydrogen-bond acceptors (Lipinski definition) is 5. The Bertz CT molecular complexity index is 151. The van der Waals surface area contributed by atoms with Crippen molar-refractivity contribution in [1.82, 2.24) is 5.32 Å². The third-order valence-corrected chi connectivity index (χ3v) is 1.64. The average Bonchev–Trinajstić information content (AvgIpc) is 2.15. The molecule has 0 rings (SSSR count). The lowest BCUT2D eigenvalue weighted by molar-refractivity contribution is -0.144. The zero-order valence-electron chi connectivity index (χ0n) is 7.99. The number of carbonyl (C=O) groups is 1. The number of carbonyl (C=O) groups excluding carboxylic acids is 1. The Hall–Kier alpha value is -0.650. The van der Waals surface area contributed by atoms with Crippen molar-refractivity contribution in [3.8, 4) is 0 Å². The van der Waals surface area contributed by atoms with Gasteiger partial charge in [0.1, 0.15) is 0 Å². The number of aliphatic hydroxyl groups is 2. The Labute approximate surface area is 77.7 Å². The molecule has 78 valence electrons. The molecule has 2 unspecified atom stereocenters. The molecule has 0 spiro atoms. The lowest BCUT2D eigenvalue weighted by atomic mass is 10.2. The second-order valence-corrected chi connectivity index (χ2v) is 2.92. The van der Waals surface area contributed by atoms with Crippen LogP contribution in [0, 0.1) is 5.92 Å². The lowest BCUT2D eigenvalue weighted by Crippen LogP contribution is -2.34. The van der Waals surface area contributed by atoms with Crippen LogP contribution in [0.1, 0.15) is 6.92 Å². The van der Waals surface area contributed by atoms with E-state index in [2.05, 4.69) is 10.1 Å².